The molecule has 1 aromatic heterocycles. The highest BCUT2D eigenvalue weighted by Gasteiger charge is 2.08. The maximum atomic E-state index is 6.36. The Hall–Kier alpha value is -0.350. The van der Waals surface area contributed by atoms with E-state index in [0.29, 0.717) is 0 Å². The van der Waals surface area contributed by atoms with Crippen LogP contribution in [0, 0.1) is 0 Å². The Morgan fingerprint density at radius 1 is 1.28 bits per heavy atom. The van der Waals surface area contributed by atoms with Crippen LogP contribution in [0.3, 0.4) is 0 Å². The molecule has 0 unspecified atom stereocenters. The summed E-state index contributed by atoms with van der Waals surface area (Å²) < 4.78 is 1.10. The highest BCUT2D eigenvalue weighted by Crippen LogP contribution is 2.36. The maximum Gasteiger partial charge on any atom is 0.0488 e. The van der Waals surface area contributed by atoms with E-state index >= 15 is 0 Å². The lowest BCUT2D eigenvalue weighted by molar-refractivity contribution is 0.675. The Morgan fingerprint density at radius 2 is 2.11 bits per heavy atom. The van der Waals surface area contributed by atoms with E-state index < -0.39 is 0 Å². The van der Waals surface area contributed by atoms with Gasteiger partial charge in [-0.1, -0.05) is 30.7 Å². The number of hydrogen-bond donors (Lipinski definition) is 1. The van der Waals surface area contributed by atoms with Crippen LogP contribution < -0.4 is 5.32 Å². The quantitative estimate of drug-likeness (QED) is 0.723. The van der Waals surface area contributed by atoms with Gasteiger partial charge in [-0.15, -0.1) is 0 Å². The molecule has 1 heterocycles. The van der Waals surface area contributed by atoms with E-state index in [4.69, 9.17) is 11.6 Å². The van der Waals surface area contributed by atoms with Crippen LogP contribution in [0.1, 0.15) is 18.9 Å². The summed E-state index contributed by atoms with van der Waals surface area (Å²) in [4.78, 5) is 0. The predicted molar refractivity (Wildman–Crippen MR) is 84.5 cm³/mol. The predicted octanol–water partition coefficient (Wildman–Crippen LogP) is 5.33. The van der Waals surface area contributed by atoms with Crippen molar-refractivity contribution in [2.75, 3.05) is 6.54 Å². The van der Waals surface area contributed by atoms with Gasteiger partial charge in [0.15, 0.2) is 0 Å². The minimum absolute atomic E-state index is 0.810. The zero-order valence-electron chi connectivity index (χ0n) is 10.2. The fraction of sp³-hybridized carbons (Fsp3) is 0.286. The van der Waals surface area contributed by atoms with Crippen LogP contribution in [0.4, 0.5) is 0 Å². The average Bonchev–Trinajstić information content (AvgIpc) is 2.76. The minimum Gasteiger partial charge on any atom is -0.313 e. The molecule has 18 heavy (non-hydrogen) atoms. The summed E-state index contributed by atoms with van der Waals surface area (Å²) >= 11 is 11.6. The monoisotopic (exact) mass is 343 g/mol. The van der Waals surface area contributed by atoms with Gasteiger partial charge in [-0.3, -0.25) is 0 Å². The highest BCUT2D eigenvalue weighted by molar-refractivity contribution is 9.10. The third kappa shape index (κ3) is 3.35. The first kappa shape index (κ1) is 14.1. The second-order valence-electron chi connectivity index (χ2n) is 4.12. The van der Waals surface area contributed by atoms with Crippen LogP contribution in [0.25, 0.3) is 11.1 Å². The van der Waals surface area contributed by atoms with Crippen molar-refractivity contribution in [1.29, 1.82) is 0 Å². The van der Waals surface area contributed by atoms with Gasteiger partial charge in [0, 0.05) is 32.5 Å². The van der Waals surface area contributed by atoms with Crippen LogP contribution in [0.15, 0.2) is 33.4 Å². The van der Waals surface area contributed by atoms with Crippen LogP contribution >= 0.6 is 38.9 Å². The van der Waals surface area contributed by atoms with Gasteiger partial charge in [-0.25, -0.2) is 0 Å². The second kappa shape index (κ2) is 6.71. The third-order valence-corrected chi connectivity index (χ3v) is 4.71. The summed E-state index contributed by atoms with van der Waals surface area (Å²) in [5.41, 5.74) is 3.48. The fourth-order valence-corrected chi connectivity index (χ4v) is 3.58. The zero-order chi connectivity index (χ0) is 13.0. The Balaban J connectivity index is 2.18. The topological polar surface area (TPSA) is 12.0 Å². The minimum atomic E-state index is 0.810. The first-order valence-electron chi connectivity index (χ1n) is 5.93. The molecule has 0 aliphatic rings. The SMILES string of the molecule is CCCNCc1ccc(-c2cscc2Br)c(Cl)c1. The summed E-state index contributed by atoms with van der Waals surface area (Å²) in [6.07, 6.45) is 1.15. The molecule has 0 spiro atoms. The zero-order valence-corrected chi connectivity index (χ0v) is 13.3. The van der Waals surface area contributed by atoms with Crippen LogP contribution in [-0.4, -0.2) is 6.54 Å². The van der Waals surface area contributed by atoms with Crippen LogP contribution in [0.2, 0.25) is 5.02 Å². The summed E-state index contributed by atoms with van der Waals surface area (Å²) in [6, 6.07) is 6.27. The van der Waals surface area contributed by atoms with Crippen molar-refractivity contribution in [3.8, 4) is 11.1 Å². The van der Waals surface area contributed by atoms with Gasteiger partial charge in [0.1, 0.15) is 0 Å². The number of halogens is 2. The van der Waals surface area contributed by atoms with Gasteiger partial charge in [-0.2, -0.15) is 11.3 Å². The van der Waals surface area contributed by atoms with E-state index in [1.54, 1.807) is 11.3 Å². The molecule has 4 heteroatoms. The largest absolute Gasteiger partial charge is 0.313 e. The van der Waals surface area contributed by atoms with Gasteiger partial charge >= 0.3 is 0 Å². The molecule has 0 aliphatic heterocycles. The van der Waals surface area contributed by atoms with E-state index in [0.717, 1.165) is 40.1 Å². The summed E-state index contributed by atoms with van der Waals surface area (Å²) in [5.74, 6) is 0. The summed E-state index contributed by atoms with van der Waals surface area (Å²) in [5, 5.41) is 8.37. The molecular weight excluding hydrogens is 330 g/mol. The maximum absolute atomic E-state index is 6.36. The number of hydrogen-bond acceptors (Lipinski definition) is 2. The van der Waals surface area contributed by atoms with Crippen molar-refractivity contribution in [2.24, 2.45) is 0 Å². The molecule has 2 rings (SSSR count). The van der Waals surface area contributed by atoms with Crippen LogP contribution in [-0.2, 0) is 6.54 Å². The van der Waals surface area contributed by atoms with Crippen LogP contribution in [0.5, 0.6) is 0 Å². The molecule has 0 aliphatic carbocycles. The first-order valence-corrected chi connectivity index (χ1v) is 8.05. The molecule has 0 radical (unpaired) electrons. The lowest BCUT2D eigenvalue weighted by Gasteiger charge is -2.07. The van der Waals surface area contributed by atoms with Gasteiger partial charge in [0.25, 0.3) is 0 Å². The highest BCUT2D eigenvalue weighted by atomic mass is 79.9. The molecule has 1 nitrogen and oxygen atoms in total. The molecule has 0 fully saturated rings. The van der Waals surface area contributed by atoms with E-state index in [9.17, 15) is 0 Å². The Labute approximate surface area is 125 Å². The van der Waals surface area contributed by atoms with Crippen molar-refractivity contribution >= 4 is 38.9 Å². The molecular formula is C14H15BrClNS. The second-order valence-corrected chi connectivity index (χ2v) is 6.13. The number of nitrogens with one attached hydrogen (secondary N) is 1. The standard InChI is InChI=1S/C14H15BrClNS/c1-2-5-17-7-10-3-4-11(14(16)6-10)12-8-18-9-13(12)15/h3-4,6,8-9,17H,2,5,7H2,1H3. The van der Waals surface area contributed by atoms with Crippen molar-refractivity contribution < 1.29 is 0 Å². The lowest BCUT2D eigenvalue weighted by atomic mass is 10.1. The van der Waals surface area contributed by atoms with E-state index in [2.05, 4.69) is 51.1 Å². The normalized spacial score (nSPS) is 10.8. The summed E-state index contributed by atoms with van der Waals surface area (Å²) in [7, 11) is 0. The Morgan fingerprint density at radius 3 is 2.72 bits per heavy atom. The van der Waals surface area contributed by atoms with Gasteiger partial charge in [-0.05, 0) is 45.9 Å². The lowest BCUT2D eigenvalue weighted by Crippen LogP contribution is -2.13. The van der Waals surface area contributed by atoms with Gasteiger partial charge in [0.05, 0.1) is 0 Å². The van der Waals surface area contributed by atoms with E-state index in [-0.39, 0.29) is 0 Å². The Bertz CT molecular complexity index is 524. The summed E-state index contributed by atoms with van der Waals surface area (Å²) in [6.45, 7) is 4.07. The number of thiophene rings is 1. The van der Waals surface area contributed by atoms with Gasteiger partial charge < -0.3 is 5.32 Å². The van der Waals surface area contributed by atoms with Gasteiger partial charge in [0.2, 0.25) is 0 Å². The molecule has 1 aromatic carbocycles. The molecule has 0 bridgehead atoms. The molecule has 0 amide bonds. The van der Waals surface area contributed by atoms with E-state index in [1.807, 2.05) is 6.07 Å². The molecule has 96 valence electrons. The van der Waals surface area contributed by atoms with Crippen molar-refractivity contribution in [1.82, 2.24) is 5.32 Å². The number of rotatable bonds is 5. The molecule has 1 N–H and O–H groups in total. The van der Waals surface area contributed by atoms with Crippen molar-refractivity contribution in [2.45, 2.75) is 19.9 Å². The third-order valence-electron chi connectivity index (χ3n) is 2.69. The Kier molecular flexibility index (Phi) is 5.25. The average molecular weight is 345 g/mol. The molecule has 0 saturated carbocycles. The fourth-order valence-electron chi connectivity index (χ4n) is 1.77. The van der Waals surface area contributed by atoms with Crippen molar-refractivity contribution in [3.05, 3.63) is 44.0 Å². The van der Waals surface area contributed by atoms with E-state index in [1.165, 1.54) is 5.56 Å². The molecule has 0 saturated heterocycles. The smallest absolute Gasteiger partial charge is 0.0488 e. The molecule has 0 atom stereocenters. The first-order chi connectivity index (χ1) is 8.72. The molecule has 2 aromatic rings. The number of benzene rings is 1. The van der Waals surface area contributed by atoms with Crippen molar-refractivity contribution in [3.63, 3.8) is 0 Å².